The summed E-state index contributed by atoms with van der Waals surface area (Å²) < 4.78 is 0. The average Bonchev–Trinajstić information content (AvgIpc) is 2.89. The lowest BCUT2D eigenvalue weighted by molar-refractivity contribution is 0.349. The number of hydrogen-bond acceptors (Lipinski definition) is 1. The van der Waals surface area contributed by atoms with E-state index in [-0.39, 0.29) is 16.2 Å². The van der Waals surface area contributed by atoms with Crippen molar-refractivity contribution >= 4 is 0 Å². The summed E-state index contributed by atoms with van der Waals surface area (Å²) in [5.41, 5.74) is 12.7. The van der Waals surface area contributed by atoms with E-state index in [4.69, 9.17) is 0 Å². The van der Waals surface area contributed by atoms with Crippen molar-refractivity contribution in [2.24, 2.45) is 0 Å². The first-order chi connectivity index (χ1) is 12.5. The van der Waals surface area contributed by atoms with Crippen LogP contribution >= 0.6 is 0 Å². The Morgan fingerprint density at radius 3 is 1.67 bits per heavy atom. The smallest absolute Gasteiger partial charge is 0.0225 e. The molecule has 2 aromatic carbocycles. The number of hydrogen-bond donors (Lipinski definition) is 1. The van der Waals surface area contributed by atoms with Crippen LogP contribution in [0.3, 0.4) is 0 Å². The van der Waals surface area contributed by atoms with E-state index < -0.39 is 0 Å². The van der Waals surface area contributed by atoms with Crippen LogP contribution in [0.2, 0.25) is 0 Å². The Labute approximate surface area is 165 Å². The molecule has 1 nitrogen and oxygen atoms in total. The standard InChI is InChI=1S/C26H35N/c1-16-9-20-22(10-17(16)2)26(14-24(20,4)5)15-25(6,7)21-11-18(3)19(13-27-8)12-23(21)26/h9-12,27H,13-15H2,1-8H3. The van der Waals surface area contributed by atoms with Crippen LogP contribution in [-0.2, 0) is 22.8 Å². The van der Waals surface area contributed by atoms with Gasteiger partial charge in [0.25, 0.3) is 0 Å². The van der Waals surface area contributed by atoms with E-state index in [0.717, 1.165) is 6.54 Å². The van der Waals surface area contributed by atoms with Gasteiger partial charge in [0.15, 0.2) is 0 Å². The fourth-order valence-electron chi connectivity index (χ4n) is 6.15. The van der Waals surface area contributed by atoms with E-state index in [2.05, 4.69) is 78.0 Å². The monoisotopic (exact) mass is 361 g/mol. The highest BCUT2D eigenvalue weighted by molar-refractivity contribution is 5.62. The molecular weight excluding hydrogens is 326 g/mol. The highest BCUT2D eigenvalue weighted by Gasteiger charge is 2.56. The van der Waals surface area contributed by atoms with Gasteiger partial charge in [0.1, 0.15) is 0 Å². The first-order valence-electron chi connectivity index (χ1n) is 10.4. The summed E-state index contributed by atoms with van der Waals surface area (Å²) in [6, 6.07) is 10.0. The van der Waals surface area contributed by atoms with Gasteiger partial charge in [0.2, 0.25) is 0 Å². The second kappa shape index (κ2) is 5.70. The third-order valence-electron chi connectivity index (χ3n) is 7.45. The lowest BCUT2D eigenvalue weighted by Gasteiger charge is -2.31. The SMILES string of the molecule is CNCc1cc2c(cc1C)C(C)(C)CC21CC(C)(C)c2cc(C)c(C)cc21. The van der Waals surface area contributed by atoms with Crippen molar-refractivity contribution in [2.75, 3.05) is 7.05 Å². The van der Waals surface area contributed by atoms with E-state index in [9.17, 15) is 0 Å². The maximum atomic E-state index is 3.37. The minimum Gasteiger partial charge on any atom is -0.316 e. The predicted molar refractivity (Wildman–Crippen MR) is 116 cm³/mol. The average molecular weight is 362 g/mol. The van der Waals surface area contributed by atoms with E-state index in [1.54, 1.807) is 22.3 Å². The van der Waals surface area contributed by atoms with Gasteiger partial charge < -0.3 is 5.32 Å². The van der Waals surface area contributed by atoms with Gasteiger partial charge in [-0.2, -0.15) is 0 Å². The summed E-state index contributed by atoms with van der Waals surface area (Å²) in [6.07, 6.45) is 2.44. The van der Waals surface area contributed by atoms with E-state index in [1.807, 2.05) is 7.05 Å². The molecule has 144 valence electrons. The van der Waals surface area contributed by atoms with Crippen LogP contribution in [0.4, 0.5) is 0 Å². The molecule has 4 rings (SSSR count). The Kier molecular flexibility index (Phi) is 3.96. The van der Waals surface area contributed by atoms with Crippen molar-refractivity contribution < 1.29 is 0 Å². The summed E-state index contributed by atoms with van der Waals surface area (Å²) >= 11 is 0. The Bertz CT molecular complexity index is 928. The third-order valence-corrected chi connectivity index (χ3v) is 7.45. The van der Waals surface area contributed by atoms with Crippen LogP contribution in [0.15, 0.2) is 24.3 Å². The molecule has 1 atom stereocenters. The van der Waals surface area contributed by atoms with E-state index in [0.29, 0.717) is 0 Å². The van der Waals surface area contributed by atoms with Crippen molar-refractivity contribution in [2.45, 2.75) is 84.1 Å². The van der Waals surface area contributed by atoms with Crippen molar-refractivity contribution in [3.8, 4) is 0 Å². The Hall–Kier alpha value is -1.60. The lowest BCUT2D eigenvalue weighted by atomic mass is 9.72. The molecule has 2 aliphatic carbocycles. The largest absolute Gasteiger partial charge is 0.316 e. The van der Waals surface area contributed by atoms with Crippen LogP contribution in [0, 0.1) is 20.8 Å². The van der Waals surface area contributed by atoms with Gasteiger partial charge in [-0.25, -0.2) is 0 Å². The van der Waals surface area contributed by atoms with Gasteiger partial charge >= 0.3 is 0 Å². The maximum absolute atomic E-state index is 3.37. The van der Waals surface area contributed by atoms with Crippen molar-refractivity contribution in [3.05, 3.63) is 68.8 Å². The van der Waals surface area contributed by atoms with Crippen molar-refractivity contribution in [3.63, 3.8) is 0 Å². The number of benzene rings is 2. The van der Waals surface area contributed by atoms with Gasteiger partial charge in [0.05, 0.1) is 0 Å². The summed E-state index contributed by atoms with van der Waals surface area (Å²) in [7, 11) is 2.05. The zero-order valence-corrected chi connectivity index (χ0v) is 18.4. The fraction of sp³-hybridized carbons (Fsp3) is 0.538. The van der Waals surface area contributed by atoms with Gasteiger partial charge in [0, 0.05) is 12.0 Å². The van der Waals surface area contributed by atoms with E-state index in [1.165, 1.54) is 35.1 Å². The van der Waals surface area contributed by atoms with Gasteiger partial charge in [-0.05, 0) is 96.0 Å². The molecule has 1 N–H and O–H groups in total. The van der Waals surface area contributed by atoms with E-state index >= 15 is 0 Å². The van der Waals surface area contributed by atoms with Crippen LogP contribution in [0.5, 0.6) is 0 Å². The molecule has 2 aromatic rings. The minimum atomic E-state index is 0.159. The first kappa shape index (κ1) is 18.7. The Morgan fingerprint density at radius 2 is 1.15 bits per heavy atom. The zero-order chi connectivity index (χ0) is 19.8. The molecular formula is C26H35N. The minimum absolute atomic E-state index is 0.159. The number of rotatable bonds is 2. The van der Waals surface area contributed by atoms with Gasteiger partial charge in [-0.3, -0.25) is 0 Å². The molecule has 2 aliphatic rings. The Balaban J connectivity index is 2.03. The summed E-state index contributed by atoms with van der Waals surface area (Å²) in [6.45, 7) is 17.5. The van der Waals surface area contributed by atoms with Crippen molar-refractivity contribution in [1.29, 1.82) is 0 Å². The van der Waals surface area contributed by atoms with Crippen LogP contribution in [0.25, 0.3) is 0 Å². The molecule has 0 heterocycles. The topological polar surface area (TPSA) is 12.0 Å². The number of nitrogens with one attached hydrogen (secondary N) is 1. The highest BCUT2D eigenvalue weighted by Crippen LogP contribution is 2.63. The molecule has 1 unspecified atom stereocenters. The summed E-state index contributed by atoms with van der Waals surface area (Å²) in [5, 5.41) is 3.37. The second-order valence-electron chi connectivity index (χ2n) is 10.5. The molecule has 0 amide bonds. The van der Waals surface area contributed by atoms with Crippen LogP contribution < -0.4 is 5.32 Å². The molecule has 0 radical (unpaired) electrons. The third kappa shape index (κ3) is 2.54. The molecule has 27 heavy (non-hydrogen) atoms. The molecule has 0 aromatic heterocycles. The fourth-order valence-corrected chi connectivity index (χ4v) is 6.15. The predicted octanol–water partition coefficient (Wildman–Crippen LogP) is 5.98. The second-order valence-corrected chi connectivity index (χ2v) is 10.5. The van der Waals surface area contributed by atoms with Crippen LogP contribution in [0.1, 0.15) is 85.0 Å². The maximum Gasteiger partial charge on any atom is 0.0225 e. The quantitative estimate of drug-likeness (QED) is 0.694. The normalized spacial score (nSPS) is 24.3. The first-order valence-corrected chi connectivity index (χ1v) is 10.4. The molecule has 0 saturated heterocycles. The zero-order valence-electron chi connectivity index (χ0n) is 18.4. The van der Waals surface area contributed by atoms with Gasteiger partial charge in [-0.1, -0.05) is 52.0 Å². The molecule has 1 heteroatoms. The number of fused-ring (bicyclic) bond motifs is 4. The number of aryl methyl sites for hydroxylation is 3. The van der Waals surface area contributed by atoms with Crippen LogP contribution in [-0.4, -0.2) is 7.05 Å². The molecule has 0 aliphatic heterocycles. The Morgan fingerprint density at radius 1 is 0.704 bits per heavy atom. The molecule has 0 fully saturated rings. The van der Waals surface area contributed by atoms with Gasteiger partial charge in [-0.15, -0.1) is 0 Å². The lowest BCUT2D eigenvalue weighted by Crippen LogP contribution is -2.27. The molecule has 0 bridgehead atoms. The molecule has 1 spiro atoms. The summed E-state index contributed by atoms with van der Waals surface area (Å²) in [5.74, 6) is 0. The summed E-state index contributed by atoms with van der Waals surface area (Å²) in [4.78, 5) is 0. The van der Waals surface area contributed by atoms with Crippen molar-refractivity contribution in [1.82, 2.24) is 5.32 Å². The highest BCUT2D eigenvalue weighted by atomic mass is 14.8. The molecule has 0 saturated carbocycles.